The van der Waals surface area contributed by atoms with Gasteiger partial charge in [0.15, 0.2) is 0 Å². The van der Waals surface area contributed by atoms with E-state index in [1.807, 2.05) is 30.3 Å². The highest BCUT2D eigenvalue weighted by Crippen LogP contribution is 2.27. The normalized spacial score (nSPS) is 10.3. The lowest BCUT2D eigenvalue weighted by Gasteiger charge is -2.06. The fraction of sp³-hybridized carbons (Fsp3) is 0.188. The molecule has 0 bridgehead atoms. The van der Waals surface area contributed by atoms with Crippen molar-refractivity contribution in [3.63, 3.8) is 0 Å². The summed E-state index contributed by atoms with van der Waals surface area (Å²) in [5.41, 5.74) is 7.08. The van der Waals surface area contributed by atoms with Crippen molar-refractivity contribution >= 4 is 45.0 Å². The number of hydrogen-bond donors (Lipinski definition) is 2. The second kappa shape index (κ2) is 8.10. The predicted octanol–water partition coefficient (Wildman–Crippen LogP) is 4.54. The van der Waals surface area contributed by atoms with Crippen LogP contribution in [-0.4, -0.2) is 11.7 Å². The minimum atomic E-state index is 0.0347. The summed E-state index contributed by atoms with van der Waals surface area (Å²) in [7, 11) is 0. The quantitative estimate of drug-likeness (QED) is 0.449. The summed E-state index contributed by atoms with van der Waals surface area (Å²) in [5.74, 6) is 0.949. The number of nitrogens with one attached hydrogen (secondary N) is 1. The van der Waals surface area contributed by atoms with Crippen LogP contribution in [0.5, 0.6) is 0 Å². The zero-order chi connectivity index (χ0) is 15.1. The Morgan fingerprint density at radius 2 is 1.86 bits per heavy atom. The highest BCUT2D eigenvalue weighted by Gasteiger charge is 2.04. The van der Waals surface area contributed by atoms with Gasteiger partial charge >= 0.3 is 0 Å². The molecule has 0 aliphatic heterocycles. The first-order chi connectivity index (χ1) is 10.1. The van der Waals surface area contributed by atoms with Gasteiger partial charge in [-0.05, 0) is 64.5 Å². The highest BCUT2D eigenvalue weighted by atomic mass is 79.9. The number of rotatable bonds is 6. The SMILES string of the molecule is Nc1ccc(NC(=O)CCCSc2ccccc2Br)cc1. The molecule has 0 aromatic heterocycles. The summed E-state index contributed by atoms with van der Waals surface area (Å²) in [4.78, 5) is 13.0. The van der Waals surface area contributed by atoms with E-state index in [9.17, 15) is 4.79 Å². The van der Waals surface area contributed by atoms with Gasteiger partial charge in [-0.15, -0.1) is 11.8 Å². The summed E-state index contributed by atoms with van der Waals surface area (Å²) in [6.45, 7) is 0. The Bertz CT molecular complexity index is 601. The molecule has 3 nitrogen and oxygen atoms in total. The summed E-state index contributed by atoms with van der Waals surface area (Å²) < 4.78 is 1.10. The third-order valence-corrected chi connectivity index (χ3v) is 4.95. The number of carbonyl (C=O) groups is 1. The molecule has 21 heavy (non-hydrogen) atoms. The zero-order valence-electron chi connectivity index (χ0n) is 11.5. The largest absolute Gasteiger partial charge is 0.399 e. The third kappa shape index (κ3) is 5.44. The molecule has 2 aromatic rings. The molecule has 0 aliphatic carbocycles. The smallest absolute Gasteiger partial charge is 0.224 e. The number of thioether (sulfide) groups is 1. The fourth-order valence-electron chi connectivity index (χ4n) is 1.77. The summed E-state index contributed by atoms with van der Waals surface area (Å²) in [5, 5.41) is 2.87. The van der Waals surface area contributed by atoms with Crippen molar-refractivity contribution in [2.45, 2.75) is 17.7 Å². The van der Waals surface area contributed by atoms with Crippen molar-refractivity contribution in [2.24, 2.45) is 0 Å². The monoisotopic (exact) mass is 364 g/mol. The first kappa shape index (κ1) is 15.9. The molecule has 0 aliphatic rings. The molecular weight excluding hydrogens is 348 g/mol. The van der Waals surface area contributed by atoms with Crippen molar-refractivity contribution in [2.75, 3.05) is 16.8 Å². The molecule has 0 saturated carbocycles. The minimum Gasteiger partial charge on any atom is -0.399 e. The average Bonchev–Trinajstić information content (AvgIpc) is 2.48. The van der Waals surface area contributed by atoms with Crippen molar-refractivity contribution in [3.05, 3.63) is 53.0 Å². The molecule has 2 aromatic carbocycles. The first-order valence-electron chi connectivity index (χ1n) is 6.68. The Hall–Kier alpha value is -1.46. The third-order valence-electron chi connectivity index (χ3n) is 2.84. The molecule has 0 saturated heterocycles. The van der Waals surface area contributed by atoms with E-state index >= 15 is 0 Å². The first-order valence-corrected chi connectivity index (χ1v) is 8.46. The number of hydrogen-bond acceptors (Lipinski definition) is 3. The highest BCUT2D eigenvalue weighted by molar-refractivity contribution is 9.10. The van der Waals surface area contributed by atoms with E-state index in [1.165, 1.54) is 4.90 Å². The number of anilines is 2. The molecule has 5 heteroatoms. The number of benzene rings is 2. The lowest BCUT2D eigenvalue weighted by molar-refractivity contribution is -0.116. The molecule has 0 heterocycles. The van der Waals surface area contributed by atoms with Crippen LogP contribution in [0.3, 0.4) is 0 Å². The molecule has 3 N–H and O–H groups in total. The van der Waals surface area contributed by atoms with E-state index in [0.29, 0.717) is 12.1 Å². The lowest BCUT2D eigenvalue weighted by Crippen LogP contribution is -2.11. The predicted molar refractivity (Wildman–Crippen MR) is 93.6 cm³/mol. The summed E-state index contributed by atoms with van der Waals surface area (Å²) in [6, 6.07) is 15.3. The molecule has 0 spiro atoms. The number of halogens is 1. The van der Waals surface area contributed by atoms with Crippen LogP contribution in [0.1, 0.15) is 12.8 Å². The topological polar surface area (TPSA) is 55.1 Å². The molecule has 1 amide bonds. The van der Waals surface area contributed by atoms with Crippen LogP contribution < -0.4 is 11.1 Å². The van der Waals surface area contributed by atoms with Gasteiger partial charge in [0.05, 0.1) is 0 Å². The van der Waals surface area contributed by atoms with Gasteiger partial charge in [-0.1, -0.05) is 12.1 Å². The van der Waals surface area contributed by atoms with E-state index in [2.05, 4.69) is 27.3 Å². The Morgan fingerprint density at radius 1 is 1.14 bits per heavy atom. The molecule has 0 atom stereocenters. The Balaban J connectivity index is 1.70. The maximum Gasteiger partial charge on any atom is 0.224 e. The van der Waals surface area contributed by atoms with Crippen molar-refractivity contribution in [1.82, 2.24) is 0 Å². The van der Waals surface area contributed by atoms with Crippen molar-refractivity contribution in [3.8, 4) is 0 Å². The molecule has 110 valence electrons. The van der Waals surface area contributed by atoms with Crippen LogP contribution in [0.2, 0.25) is 0 Å². The Kier molecular flexibility index (Phi) is 6.14. The van der Waals surface area contributed by atoms with Gasteiger partial charge in [-0.2, -0.15) is 0 Å². The Labute approximate surface area is 137 Å². The zero-order valence-corrected chi connectivity index (χ0v) is 13.9. The number of carbonyl (C=O) groups excluding carboxylic acids is 1. The van der Waals surface area contributed by atoms with Gasteiger partial charge in [0.25, 0.3) is 0 Å². The average molecular weight is 365 g/mol. The maximum absolute atomic E-state index is 11.8. The second-order valence-corrected chi connectivity index (χ2v) is 6.54. The van der Waals surface area contributed by atoms with Crippen LogP contribution in [0.15, 0.2) is 57.9 Å². The lowest BCUT2D eigenvalue weighted by atomic mass is 10.2. The fourth-order valence-corrected chi connectivity index (χ4v) is 3.28. The summed E-state index contributed by atoms with van der Waals surface area (Å²) >= 11 is 5.27. The van der Waals surface area contributed by atoms with Crippen molar-refractivity contribution < 1.29 is 4.79 Å². The maximum atomic E-state index is 11.8. The van der Waals surface area contributed by atoms with Gasteiger partial charge in [0.2, 0.25) is 5.91 Å². The van der Waals surface area contributed by atoms with Crippen LogP contribution in [0, 0.1) is 0 Å². The number of nitrogen functional groups attached to an aromatic ring is 1. The number of nitrogens with two attached hydrogens (primary N) is 1. The second-order valence-electron chi connectivity index (χ2n) is 4.55. The molecule has 2 rings (SSSR count). The number of amides is 1. The van der Waals surface area contributed by atoms with Crippen molar-refractivity contribution in [1.29, 1.82) is 0 Å². The van der Waals surface area contributed by atoms with Crippen LogP contribution in [0.4, 0.5) is 11.4 Å². The van der Waals surface area contributed by atoms with Gasteiger partial charge in [-0.25, -0.2) is 0 Å². The Morgan fingerprint density at radius 3 is 2.57 bits per heavy atom. The minimum absolute atomic E-state index is 0.0347. The van der Waals surface area contributed by atoms with Gasteiger partial charge in [0, 0.05) is 27.2 Å². The van der Waals surface area contributed by atoms with E-state index in [0.717, 1.165) is 22.3 Å². The standard InChI is InChI=1S/C16H17BrN2OS/c17-14-4-1-2-5-15(14)21-11-3-6-16(20)19-13-9-7-12(18)8-10-13/h1-2,4-5,7-10H,3,6,11,18H2,(H,19,20). The van der Waals surface area contributed by atoms with E-state index in [-0.39, 0.29) is 5.91 Å². The van der Waals surface area contributed by atoms with Gasteiger partial charge < -0.3 is 11.1 Å². The van der Waals surface area contributed by atoms with E-state index in [1.54, 1.807) is 23.9 Å². The molecule has 0 unspecified atom stereocenters. The molecule has 0 fully saturated rings. The van der Waals surface area contributed by atoms with Crippen LogP contribution >= 0.6 is 27.7 Å². The summed E-state index contributed by atoms with van der Waals surface area (Å²) in [6.07, 6.45) is 1.36. The van der Waals surface area contributed by atoms with Gasteiger partial charge in [-0.3, -0.25) is 4.79 Å². The molecular formula is C16H17BrN2OS. The van der Waals surface area contributed by atoms with Crippen LogP contribution in [0.25, 0.3) is 0 Å². The molecule has 0 radical (unpaired) electrons. The van der Waals surface area contributed by atoms with E-state index < -0.39 is 0 Å². The van der Waals surface area contributed by atoms with Gasteiger partial charge in [0.1, 0.15) is 0 Å². The van der Waals surface area contributed by atoms with Crippen LogP contribution in [-0.2, 0) is 4.79 Å². The van der Waals surface area contributed by atoms with E-state index in [4.69, 9.17) is 5.73 Å².